The molecule has 0 spiro atoms. The van der Waals surface area contributed by atoms with Crippen LogP contribution in [0.2, 0.25) is 12.6 Å². The van der Waals surface area contributed by atoms with E-state index >= 15 is 0 Å². The summed E-state index contributed by atoms with van der Waals surface area (Å²) in [6, 6.07) is 0.855. The van der Waals surface area contributed by atoms with Gasteiger partial charge in [0, 0.05) is 19.4 Å². The molecule has 0 aliphatic rings. The van der Waals surface area contributed by atoms with Crippen molar-refractivity contribution in [3.8, 4) is 0 Å². The molecule has 0 saturated carbocycles. The molecular weight excluding hydrogens is 239 g/mol. The fraction of sp³-hybridized carbons (Fsp3) is 1.00. The molecule has 0 unspecified atom stereocenters. The monoisotopic (exact) mass is 266 g/mol. The first-order valence-corrected chi connectivity index (χ1v) is 11.1. The average Bonchev–Trinajstić information content (AvgIpc) is 2.27. The third-order valence-corrected chi connectivity index (χ3v) is 9.75. The molecule has 0 atom stereocenters. The maximum absolute atomic E-state index is 12.3. The van der Waals surface area contributed by atoms with Crippen molar-refractivity contribution in [2.45, 2.75) is 40.3 Å². The summed E-state index contributed by atoms with van der Waals surface area (Å²) in [5.41, 5.74) is 0. The highest BCUT2D eigenvalue weighted by atomic mass is 31.2. The van der Waals surface area contributed by atoms with Crippen LogP contribution in [0.5, 0.6) is 0 Å². The zero-order chi connectivity index (χ0) is 12.7. The predicted molar refractivity (Wildman–Crippen MR) is 73.2 cm³/mol. The van der Waals surface area contributed by atoms with E-state index in [4.69, 9.17) is 8.85 Å². The zero-order valence-electron chi connectivity index (χ0n) is 11.4. The van der Waals surface area contributed by atoms with Gasteiger partial charge in [-0.05, 0) is 38.8 Å². The molecule has 0 bridgehead atoms. The Balaban J connectivity index is 4.36. The summed E-state index contributed by atoms with van der Waals surface area (Å²) in [5, 5.41) is 0. The van der Waals surface area contributed by atoms with Gasteiger partial charge < -0.3 is 13.4 Å². The third-order valence-electron chi connectivity index (χ3n) is 3.03. The van der Waals surface area contributed by atoms with Gasteiger partial charge in [0.05, 0.1) is 7.14 Å². The SMILES string of the molecule is CCO[Si](C)(CCP(=O)(CC)CC)OCC. The van der Waals surface area contributed by atoms with Gasteiger partial charge in [-0.25, -0.2) is 0 Å². The van der Waals surface area contributed by atoms with Crippen LogP contribution in [0, 0.1) is 0 Å². The Morgan fingerprint density at radius 1 is 1.00 bits per heavy atom. The van der Waals surface area contributed by atoms with Crippen molar-refractivity contribution in [2.24, 2.45) is 0 Å². The highest BCUT2D eigenvalue weighted by molar-refractivity contribution is 7.64. The van der Waals surface area contributed by atoms with Gasteiger partial charge >= 0.3 is 8.56 Å². The van der Waals surface area contributed by atoms with Crippen molar-refractivity contribution >= 4 is 15.7 Å². The Bertz CT molecular complexity index is 219. The summed E-state index contributed by atoms with van der Waals surface area (Å²) in [6.45, 7) is 11.5. The Labute approximate surface area is 102 Å². The minimum atomic E-state index is -2.06. The molecule has 0 heterocycles. The standard InChI is InChI=1S/C11H27O3PSi/c1-6-13-16(5,14-7-2)11-10-15(12,8-3)9-4/h6-11H2,1-5H3. The minimum absolute atomic E-state index is 0.686. The van der Waals surface area contributed by atoms with Crippen LogP contribution < -0.4 is 0 Å². The molecule has 0 rings (SSSR count). The normalized spacial score (nSPS) is 13.1. The lowest BCUT2D eigenvalue weighted by atomic mass is 10.9. The summed E-state index contributed by atoms with van der Waals surface area (Å²) in [5.74, 6) is 0. The lowest BCUT2D eigenvalue weighted by Gasteiger charge is -2.27. The largest absolute Gasteiger partial charge is 0.395 e. The van der Waals surface area contributed by atoms with Crippen LogP contribution in [-0.4, -0.2) is 40.3 Å². The molecule has 5 heteroatoms. The van der Waals surface area contributed by atoms with Gasteiger partial charge in [0.15, 0.2) is 0 Å². The zero-order valence-corrected chi connectivity index (χ0v) is 13.3. The Kier molecular flexibility index (Phi) is 7.82. The molecule has 0 aliphatic heterocycles. The molecule has 16 heavy (non-hydrogen) atoms. The van der Waals surface area contributed by atoms with Crippen LogP contribution in [0.3, 0.4) is 0 Å². The molecule has 3 nitrogen and oxygen atoms in total. The highest BCUT2D eigenvalue weighted by Gasteiger charge is 2.33. The van der Waals surface area contributed by atoms with Gasteiger partial charge in [0.25, 0.3) is 0 Å². The maximum Gasteiger partial charge on any atom is 0.335 e. The van der Waals surface area contributed by atoms with Crippen molar-refractivity contribution in [1.82, 2.24) is 0 Å². The first-order chi connectivity index (χ1) is 7.45. The van der Waals surface area contributed by atoms with E-state index in [1.165, 1.54) is 0 Å². The molecule has 0 aliphatic carbocycles. The summed E-state index contributed by atoms with van der Waals surface area (Å²) < 4.78 is 23.8. The van der Waals surface area contributed by atoms with E-state index in [9.17, 15) is 4.57 Å². The Morgan fingerprint density at radius 2 is 1.44 bits per heavy atom. The third kappa shape index (κ3) is 5.62. The average molecular weight is 266 g/mol. The number of hydrogen-bond donors (Lipinski definition) is 0. The van der Waals surface area contributed by atoms with E-state index < -0.39 is 15.7 Å². The quantitative estimate of drug-likeness (QED) is 0.473. The molecule has 0 aromatic rings. The van der Waals surface area contributed by atoms with Crippen LogP contribution in [-0.2, 0) is 13.4 Å². The lowest BCUT2D eigenvalue weighted by molar-refractivity contribution is 0.190. The van der Waals surface area contributed by atoms with Crippen molar-refractivity contribution in [1.29, 1.82) is 0 Å². The van der Waals surface area contributed by atoms with E-state index in [2.05, 4.69) is 6.55 Å². The van der Waals surface area contributed by atoms with Crippen molar-refractivity contribution < 1.29 is 13.4 Å². The lowest BCUT2D eigenvalue weighted by Crippen LogP contribution is -2.39. The summed E-state index contributed by atoms with van der Waals surface area (Å²) in [4.78, 5) is 0. The second-order valence-electron chi connectivity index (χ2n) is 4.16. The second kappa shape index (κ2) is 7.65. The Morgan fingerprint density at radius 3 is 1.75 bits per heavy atom. The van der Waals surface area contributed by atoms with E-state index in [-0.39, 0.29) is 0 Å². The summed E-state index contributed by atoms with van der Waals surface area (Å²) >= 11 is 0. The molecule has 0 N–H and O–H groups in total. The fourth-order valence-corrected chi connectivity index (χ4v) is 7.67. The van der Waals surface area contributed by atoms with Crippen LogP contribution in [0.4, 0.5) is 0 Å². The van der Waals surface area contributed by atoms with E-state index in [1.807, 2.05) is 27.7 Å². The molecule has 0 aromatic heterocycles. The van der Waals surface area contributed by atoms with Crippen molar-refractivity contribution in [3.63, 3.8) is 0 Å². The van der Waals surface area contributed by atoms with E-state index in [0.717, 1.165) is 24.5 Å². The van der Waals surface area contributed by atoms with Gasteiger partial charge in [-0.2, -0.15) is 0 Å². The van der Waals surface area contributed by atoms with Crippen LogP contribution in [0.25, 0.3) is 0 Å². The van der Waals surface area contributed by atoms with Gasteiger partial charge in [-0.1, -0.05) is 13.8 Å². The molecule has 98 valence electrons. The van der Waals surface area contributed by atoms with Gasteiger partial charge in [0.2, 0.25) is 0 Å². The molecule has 0 radical (unpaired) electrons. The smallest absolute Gasteiger partial charge is 0.335 e. The number of hydrogen-bond acceptors (Lipinski definition) is 3. The molecule has 0 amide bonds. The second-order valence-corrected chi connectivity index (χ2v) is 11.3. The van der Waals surface area contributed by atoms with E-state index in [0.29, 0.717) is 13.2 Å². The van der Waals surface area contributed by atoms with Crippen molar-refractivity contribution in [2.75, 3.05) is 31.7 Å². The van der Waals surface area contributed by atoms with Crippen LogP contribution in [0.15, 0.2) is 0 Å². The molecular formula is C11H27O3PSi. The summed E-state index contributed by atoms with van der Waals surface area (Å²) in [6.07, 6.45) is 2.38. The Hall–Kier alpha value is 0.367. The van der Waals surface area contributed by atoms with Crippen molar-refractivity contribution in [3.05, 3.63) is 0 Å². The molecule has 0 aromatic carbocycles. The predicted octanol–water partition coefficient (Wildman–Crippen LogP) is 3.53. The maximum atomic E-state index is 12.3. The first kappa shape index (κ1) is 16.4. The van der Waals surface area contributed by atoms with Crippen LogP contribution >= 0.6 is 7.14 Å². The molecule has 0 fully saturated rings. The number of rotatable bonds is 9. The first-order valence-electron chi connectivity index (χ1n) is 6.30. The van der Waals surface area contributed by atoms with E-state index in [1.54, 1.807) is 0 Å². The molecule has 0 saturated heterocycles. The van der Waals surface area contributed by atoms with Crippen LogP contribution in [0.1, 0.15) is 27.7 Å². The van der Waals surface area contributed by atoms with Gasteiger partial charge in [0.1, 0.15) is 0 Å². The highest BCUT2D eigenvalue weighted by Crippen LogP contribution is 2.46. The van der Waals surface area contributed by atoms with Gasteiger partial charge in [-0.15, -0.1) is 0 Å². The van der Waals surface area contributed by atoms with Gasteiger partial charge in [-0.3, -0.25) is 0 Å². The fourth-order valence-electron chi connectivity index (χ4n) is 1.74. The topological polar surface area (TPSA) is 35.5 Å². The minimum Gasteiger partial charge on any atom is -0.395 e. The summed E-state index contributed by atoms with van der Waals surface area (Å²) in [7, 11) is -4.01.